The molecule has 0 unspecified atom stereocenters. The lowest BCUT2D eigenvalue weighted by Crippen LogP contribution is -2.16. The zero-order valence-electron chi connectivity index (χ0n) is 11.0. The van der Waals surface area contributed by atoms with E-state index in [9.17, 15) is 9.59 Å². The maximum absolute atomic E-state index is 12.1. The summed E-state index contributed by atoms with van der Waals surface area (Å²) in [6, 6.07) is 1.79. The van der Waals surface area contributed by atoms with Gasteiger partial charge in [-0.05, 0) is 25.0 Å². The molecule has 0 aromatic carbocycles. The number of aryl methyl sites for hydroxylation is 2. The zero-order valence-corrected chi connectivity index (χ0v) is 11.8. The van der Waals surface area contributed by atoms with Crippen LogP contribution in [0.4, 0.5) is 5.82 Å². The third-order valence-electron chi connectivity index (χ3n) is 2.70. The molecule has 0 fully saturated rings. The van der Waals surface area contributed by atoms with Gasteiger partial charge < -0.3 is 10.4 Å². The Morgan fingerprint density at radius 2 is 2.05 bits per heavy atom. The number of aromatic nitrogens is 2. The van der Waals surface area contributed by atoms with Gasteiger partial charge >= 0.3 is 5.97 Å². The number of carbonyl (C=O) groups is 2. The quantitative estimate of drug-likeness (QED) is 0.902. The number of carboxylic acid groups (broad SMARTS) is 1. The maximum Gasteiger partial charge on any atom is 0.358 e. The van der Waals surface area contributed by atoms with Crippen molar-refractivity contribution in [3.05, 3.63) is 39.5 Å². The van der Waals surface area contributed by atoms with Gasteiger partial charge in [-0.15, -0.1) is 11.3 Å². The lowest BCUT2D eigenvalue weighted by molar-refractivity contribution is 0.0691. The van der Waals surface area contributed by atoms with Gasteiger partial charge in [0.15, 0.2) is 11.5 Å². The second-order valence-electron chi connectivity index (χ2n) is 4.08. The van der Waals surface area contributed by atoms with Crippen molar-refractivity contribution in [2.75, 3.05) is 5.32 Å². The fourth-order valence-corrected chi connectivity index (χ4v) is 2.75. The first kappa shape index (κ1) is 14.1. The summed E-state index contributed by atoms with van der Waals surface area (Å²) in [6.45, 7) is 3.96. The lowest BCUT2D eigenvalue weighted by Gasteiger charge is -2.04. The Morgan fingerprint density at radius 3 is 2.65 bits per heavy atom. The molecule has 0 aliphatic heterocycles. The highest BCUT2D eigenvalue weighted by Gasteiger charge is 2.17. The Balaban J connectivity index is 2.25. The molecule has 0 aliphatic rings. The second kappa shape index (κ2) is 5.79. The molecule has 0 atom stereocenters. The van der Waals surface area contributed by atoms with E-state index in [1.165, 1.54) is 23.7 Å². The number of thiophene rings is 1. The molecule has 0 saturated carbocycles. The van der Waals surface area contributed by atoms with Gasteiger partial charge in [0.25, 0.3) is 5.91 Å². The Labute approximate surface area is 119 Å². The number of carboxylic acids is 1. The van der Waals surface area contributed by atoms with Crippen LogP contribution >= 0.6 is 11.3 Å². The van der Waals surface area contributed by atoms with Gasteiger partial charge in [0.1, 0.15) is 0 Å². The van der Waals surface area contributed by atoms with Crippen LogP contribution in [0.25, 0.3) is 0 Å². The van der Waals surface area contributed by atoms with Crippen LogP contribution in [-0.4, -0.2) is 27.0 Å². The smallest absolute Gasteiger partial charge is 0.358 e. The van der Waals surface area contributed by atoms with Crippen molar-refractivity contribution >= 4 is 29.0 Å². The number of aromatic carboxylic acids is 1. The van der Waals surface area contributed by atoms with Gasteiger partial charge in [0.05, 0.1) is 4.88 Å². The summed E-state index contributed by atoms with van der Waals surface area (Å²) in [7, 11) is 0. The first-order valence-corrected chi connectivity index (χ1v) is 6.79. The molecule has 20 heavy (non-hydrogen) atoms. The van der Waals surface area contributed by atoms with Gasteiger partial charge in [-0.3, -0.25) is 4.79 Å². The number of hydrogen-bond acceptors (Lipinski definition) is 5. The fourth-order valence-electron chi connectivity index (χ4n) is 1.74. The summed E-state index contributed by atoms with van der Waals surface area (Å²) in [5, 5.41) is 11.5. The van der Waals surface area contributed by atoms with E-state index in [4.69, 9.17) is 5.11 Å². The molecule has 2 heterocycles. The Kier molecular flexibility index (Phi) is 4.09. The molecule has 0 spiro atoms. The van der Waals surface area contributed by atoms with Gasteiger partial charge in [-0.25, -0.2) is 14.8 Å². The van der Waals surface area contributed by atoms with E-state index in [-0.39, 0.29) is 17.4 Å². The monoisotopic (exact) mass is 291 g/mol. The average molecular weight is 291 g/mol. The summed E-state index contributed by atoms with van der Waals surface area (Å²) < 4.78 is 0. The molecule has 0 aliphatic carbocycles. The Hall–Kier alpha value is -2.28. The third kappa shape index (κ3) is 2.83. The molecule has 2 aromatic rings. The molecule has 7 heteroatoms. The molecule has 104 valence electrons. The van der Waals surface area contributed by atoms with Crippen LogP contribution in [0.1, 0.15) is 37.5 Å². The van der Waals surface area contributed by atoms with Crippen LogP contribution in [0.15, 0.2) is 18.5 Å². The van der Waals surface area contributed by atoms with Crippen LogP contribution in [-0.2, 0) is 6.42 Å². The number of anilines is 1. The van der Waals surface area contributed by atoms with E-state index < -0.39 is 5.97 Å². The van der Waals surface area contributed by atoms with E-state index >= 15 is 0 Å². The summed E-state index contributed by atoms with van der Waals surface area (Å²) in [5.74, 6) is -1.65. The highest BCUT2D eigenvalue weighted by Crippen LogP contribution is 2.23. The maximum atomic E-state index is 12.1. The highest BCUT2D eigenvalue weighted by atomic mass is 32.1. The lowest BCUT2D eigenvalue weighted by atomic mass is 10.2. The molecule has 2 rings (SSSR count). The third-order valence-corrected chi connectivity index (χ3v) is 4.08. The summed E-state index contributed by atoms with van der Waals surface area (Å²) in [6.07, 6.45) is 3.46. The van der Waals surface area contributed by atoms with Crippen molar-refractivity contribution in [3.63, 3.8) is 0 Å². The largest absolute Gasteiger partial charge is 0.476 e. The number of rotatable bonds is 4. The normalized spacial score (nSPS) is 10.3. The molecular weight excluding hydrogens is 278 g/mol. The second-order valence-corrected chi connectivity index (χ2v) is 5.22. The van der Waals surface area contributed by atoms with Crippen molar-refractivity contribution < 1.29 is 14.7 Å². The Bertz CT molecular complexity index is 667. The molecule has 0 saturated heterocycles. The van der Waals surface area contributed by atoms with E-state index in [2.05, 4.69) is 15.3 Å². The van der Waals surface area contributed by atoms with E-state index in [1.807, 2.05) is 13.8 Å². The van der Waals surface area contributed by atoms with Gasteiger partial charge in [-0.2, -0.15) is 0 Å². The first-order chi connectivity index (χ1) is 9.52. The number of nitrogens with one attached hydrogen (secondary N) is 1. The topological polar surface area (TPSA) is 92.2 Å². The van der Waals surface area contributed by atoms with E-state index in [0.717, 1.165) is 16.9 Å². The van der Waals surface area contributed by atoms with Crippen LogP contribution in [0.5, 0.6) is 0 Å². The van der Waals surface area contributed by atoms with Gasteiger partial charge in [-0.1, -0.05) is 6.92 Å². The summed E-state index contributed by atoms with van der Waals surface area (Å²) in [5.41, 5.74) is 0.782. The molecule has 0 bridgehead atoms. The zero-order chi connectivity index (χ0) is 14.7. The Morgan fingerprint density at radius 1 is 1.35 bits per heavy atom. The molecule has 6 nitrogen and oxygen atoms in total. The van der Waals surface area contributed by atoms with Gasteiger partial charge in [0, 0.05) is 17.3 Å². The standard InChI is InChI=1S/C13H13N3O3S/c1-3-8-7(2)6-9(20-8)12(17)16-11-10(13(18)19)14-4-5-15-11/h4-6H,3H2,1-2H3,(H,18,19)(H,15,16,17). The number of carbonyl (C=O) groups excluding carboxylic acids is 1. The van der Waals surface area contributed by atoms with Crippen LogP contribution < -0.4 is 5.32 Å². The van der Waals surface area contributed by atoms with Gasteiger partial charge in [0.2, 0.25) is 0 Å². The van der Waals surface area contributed by atoms with Crippen molar-refractivity contribution in [3.8, 4) is 0 Å². The highest BCUT2D eigenvalue weighted by molar-refractivity contribution is 7.14. The van der Waals surface area contributed by atoms with Crippen LogP contribution in [0.3, 0.4) is 0 Å². The molecule has 1 amide bonds. The molecule has 2 N–H and O–H groups in total. The minimum absolute atomic E-state index is 0.0471. The van der Waals surface area contributed by atoms with Crippen molar-refractivity contribution in [1.29, 1.82) is 0 Å². The van der Waals surface area contributed by atoms with Crippen LogP contribution in [0, 0.1) is 6.92 Å². The molecule has 0 radical (unpaired) electrons. The van der Waals surface area contributed by atoms with Crippen molar-refractivity contribution in [2.24, 2.45) is 0 Å². The minimum Gasteiger partial charge on any atom is -0.476 e. The van der Waals surface area contributed by atoms with E-state index in [0.29, 0.717) is 4.88 Å². The average Bonchev–Trinajstić information content (AvgIpc) is 2.80. The number of nitrogens with zero attached hydrogens (tertiary/aromatic N) is 2. The SMILES string of the molecule is CCc1sc(C(=O)Nc2nccnc2C(=O)O)cc1C. The molecular formula is C13H13N3O3S. The number of hydrogen-bond donors (Lipinski definition) is 2. The number of amides is 1. The van der Waals surface area contributed by atoms with E-state index in [1.54, 1.807) is 6.07 Å². The fraction of sp³-hybridized carbons (Fsp3) is 0.231. The van der Waals surface area contributed by atoms with Crippen molar-refractivity contribution in [2.45, 2.75) is 20.3 Å². The summed E-state index contributed by atoms with van der Waals surface area (Å²) in [4.78, 5) is 32.3. The summed E-state index contributed by atoms with van der Waals surface area (Å²) >= 11 is 1.39. The van der Waals surface area contributed by atoms with Crippen molar-refractivity contribution in [1.82, 2.24) is 9.97 Å². The van der Waals surface area contributed by atoms with Crippen LogP contribution in [0.2, 0.25) is 0 Å². The predicted octanol–water partition coefficient (Wildman–Crippen LogP) is 2.36. The predicted molar refractivity (Wildman–Crippen MR) is 75.4 cm³/mol. The molecule has 2 aromatic heterocycles. The first-order valence-electron chi connectivity index (χ1n) is 5.98. The minimum atomic E-state index is -1.23.